The van der Waals surface area contributed by atoms with Crippen LogP contribution >= 0.6 is 35.0 Å². The summed E-state index contributed by atoms with van der Waals surface area (Å²) in [5, 5.41) is 3.95. The molecule has 1 N–H and O–H groups in total. The molecule has 0 unspecified atom stereocenters. The van der Waals surface area contributed by atoms with E-state index in [1.54, 1.807) is 36.4 Å². The van der Waals surface area contributed by atoms with Crippen LogP contribution in [0.15, 0.2) is 41.3 Å². The minimum absolute atomic E-state index is 0.0135. The number of carbonyl (C=O) groups is 2. The molecule has 2 aromatic rings. The van der Waals surface area contributed by atoms with Crippen LogP contribution in [0, 0.1) is 0 Å². The topological polar surface area (TPSA) is 46.2 Å². The molecule has 3 rings (SSSR count). The molecule has 6 heteroatoms. The molecule has 1 aliphatic rings. The maximum absolute atomic E-state index is 12.4. The van der Waals surface area contributed by atoms with Crippen molar-refractivity contribution in [3.8, 4) is 0 Å². The van der Waals surface area contributed by atoms with Crippen LogP contribution in [0.3, 0.4) is 0 Å². The number of anilines is 1. The number of rotatable bonds is 4. The van der Waals surface area contributed by atoms with E-state index in [2.05, 4.69) is 5.32 Å². The highest BCUT2D eigenvalue weighted by Crippen LogP contribution is 2.34. The van der Waals surface area contributed by atoms with Crippen LogP contribution in [-0.2, 0) is 4.79 Å². The molecule has 0 saturated carbocycles. The first-order valence-corrected chi connectivity index (χ1v) is 8.75. The minimum atomic E-state index is -0.229. The Morgan fingerprint density at radius 3 is 2.78 bits per heavy atom. The Kier molecular flexibility index (Phi) is 4.67. The molecule has 0 radical (unpaired) electrons. The second kappa shape index (κ2) is 6.56. The Morgan fingerprint density at radius 2 is 2.00 bits per heavy atom. The summed E-state index contributed by atoms with van der Waals surface area (Å²) >= 11 is 13.4. The van der Waals surface area contributed by atoms with Crippen molar-refractivity contribution in [2.75, 3.05) is 11.1 Å². The van der Waals surface area contributed by atoms with Gasteiger partial charge in [0, 0.05) is 21.2 Å². The molecular weight excluding hydrogens is 353 g/mol. The fourth-order valence-electron chi connectivity index (χ4n) is 2.40. The standard InChI is InChI=1S/C17H13Cl2NO2S/c1-9-12-6-10(2-5-14(12)20-17(9)22)15(21)8-23-16-7-11(18)3-4-13(16)19/h2-7,9H,8H2,1H3,(H,20,22)/t9-/m0/s1. The van der Waals surface area contributed by atoms with Crippen LogP contribution < -0.4 is 5.32 Å². The zero-order chi connectivity index (χ0) is 16.6. The molecule has 1 amide bonds. The van der Waals surface area contributed by atoms with Crippen molar-refractivity contribution >= 4 is 52.3 Å². The largest absolute Gasteiger partial charge is 0.325 e. The SMILES string of the molecule is C[C@@H]1C(=O)Nc2ccc(C(=O)CSc3cc(Cl)ccc3Cl)cc21. The first-order valence-electron chi connectivity index (χ1n) is 7.01. The van der Waals surface area contributed by atoms with Crippen molar-refractivity contribution < 1.29 is 9.59 Å². The lowest BCUT2D eigenvalue weighted by Crippen LogP contribution is -2.08. The summed E-state index contributed by atoms with van der Waals surface area (Å²) in [7, 11) is 0. The van der Waals surface area contributed by atoms with Crippen LogP contribution in [0.4, 0.5) is 5.69 Å². The molecule has 3 nitrogen and oxygen atoms in total. The van der Waals surface area contributed by atoms with Crippen molar-refractivity contribution in [1.82, 2.24) is 0 Å². The molecule has 0 saturated heterocycles. The third-order valence-corrected chi connectivity index (χ3v) is 5.48. The quantitative estimate of drug-likeness (QED) is 0.610. The van der Waals surface area contributed by atoms with Gasteiger partial charge in [0.1, 0.15) is 0 Å². The summed E-state index contributed by atoms with van der Waals surface area (Å²) in [5.74, 6) is -0.0212. The number of nitrogens with one attached hydrogen (secondary N) is 1. The van der Waals surface area contributed by atoms with Crippen molar-refractivity contribution in [2.45, 2.75) is 17.7 Å². The predicted molar refractivity (Wildman–Crippen MR) is 95.0 cm³/mol. The van der Waals surface area contributed by atoms with Gasteiger partial charge in [0.15, 0.2) is 5.78 Å². The number of Topliss-reactive ketones (excluding diaryl/α,β-unsaturated/α-hetero) is 1. The van der Waals surface area contributed by atoms with E-state index in [0.717, 1.165) is 16.1 Å². The number of amides is 1. The maximum Gasteiger partial charge on any atom is 0.231 e. The van der Waals surface area contributed by atoms with Gasteiger partial charge < -0.3 is 5.32 Å². The number of fused-ring (bicyclic) bond motifs is 1. The highest BCUT2D eigenvalue weighted by molar-refractivity contribution is 8.00. The van der Waals surface area contributed by atoms with E-state index in [4.69, 9.17) is 23.2 Å². The molecule has 0 aromatic heterocycles. The van der Waals surface area contributed by atoms with E-state index in [1.165, 1.54) is 11.8 Å². The first-order chi connectivity index (χ1) is 11.0. The van der Waals surface area contributed by atoms with Crippen molar-refractivity contribution in [3.63, 3.8) is 0 Å². The number of carbonyl (C=O) groups excluding carboxylic acids is 2. The third-order valence-electron chi connectivity index (χ3n) is 3.74. The van der Waals surface area contributed by atoms with E-state index in [0.29, 0.717) is 15.6 Å². The molecule has 2 aromatic carbocycles. The smallest absolute Gasteiger partial charge is 0.231 e. The molecule has 1 atom stereocenters. The van der Waals surface area contributed by atoms with Gasteiger partial charge in [-0.05, 0) is 48.9 Å². The molecule has 1 aliphatic heterocycles. The van der Waals surface area contributed by atoms with Gasteiger partial charge >= 0.3 is 0 Å². The van der Waals surface area contributed by atoms with Crippen LogP contribution in [-0.4, -0.2) is 17.4 Å². The van der Waals surface area contributed by atoms with Gasteiger partial charge in [-0.1, -0.05) is 23.2 Å². The van der Waals surface area contributed by atoms with Crippen molar-refractivity contribution in [1.29, 1.82) is 0 Å². The van der Waals surface area contributed by atoms with Gasteiger partial charge in [-0.15, -0.1) is 11.8 Å². The summed E-state index contributed by atoms with van der Waals surface area (Å²) < 4.78 is 0. The fraction of sp³-hybridized carbons (Fsp3) is 0.176. The summed E-state index contributed by atoms with van der Waals surface area (Å²) in [6.07, 6.45) is 0. The predicted octanol–water partition coefficient (Wildman–Crippen LogP) is 5.02. The highest BCUT2D eigenvalue weighted by Gasteiger charge is 2.27. The summed E-state index contributed by atoms with van der Waals surface area (Å²) in [6, 6.07) is 10.5. The van der Waals surface area contributed by atoms with E-state index in [9.17, 15) is 9.59 Å². The molecule has 0 bridgehead atoms. The molecule has 0 aliphatic carbocycles. The Labute approximate surface area is 148 Å². The average Bonchev–Trinajstić information content (AvgIpc) is 2.82. The number of hydrogen-bond acceptors (Lipinski definition) is 3. The van der Waals surface area contributed by atoms with Gasteiger partial charge in [0.25, 0.3) is 0 Å². The van der Waals surface area contributed by atoms with Gasteiger partial charge in [-0.2, -0.15) is 0 Å². The lowest BCUT2D eigenvalue weighted by atomic mass is 9.99. The molecule has 0 spiro atoms. The summed E-state index contributed by atoms with van der Waals surface area (Å²) in [5.41, 5.74) is 2.24. The second-order valence-corrected chi connectivity index (χ2v) is 7.16. The number of ketones is 1. The number of benzene rings is 2. The molecular formula is C17H13Cl2NO2S. The lowest BCUT2D eigenvalue weighted by Gasteiger charge is -2.07. The normalized spacial score (nSPS) is 16.1. The molecule has 118 valence electrons. The molecule has 0 fully saturated rings. The van der Waals surface area contributed by atoms with Crippen LogP contribution in [0.25, 0.3) is 0 Å². The number of hydrogen-bond donors (Lipinski definition) is 1. The third kappa shape index (κ3) is 3.39. The number of halogens is 2. The summed E-state index contributed by atoms with van der Waals surface area (Å²) in [6.45, 7) is 1.83. The lowest BCUT2D eigenvalue weighted by molar-refractivity contribution is -0.116. The van der Waals surface area contributed by atoms with E-state index in [-0.39, 0.29) is 23.4 Å². The maximum atomic E-state index is 12.4. The monoisotopic (exact) mass is 365 g/mol. The van der Waals surface area contributed by atoms with Crippen LogP contribution in [0.1, 0.15) is 28.8 Å². The highest BCUT2D eigenvalue weighted by atomic mass is 35.5. The van der Waals surface area contributed by atoms with Crippen LogP contribution in [0.5, 0.6) is 0 Å². The Hall–Kier alpha value is -1.49. The second-order valence-electron chi connectivity index (χ2n) is 5.30. The Morgan fingerprint density at radius 1 is 1.22 bits per heavy atom. The van der Waals surface area contributed by atoms with Gasteiger partial charge in [-0.3, -0.25) is 9.59 Å². The van der Waals surface area contributed by atoms with Gasteiger partial charge in [0.2, 0.25) is 5.91 Å². The number of thioether (sulfide) groups is 1. The Balaban J connectivity index is 1.75. The van der Waals surface area contributed by atoms with Gasteiger partial charge in [0.05, 0.1) is 16.7 Å². The summed E-state index contributed by atoms with van der Waals surface area (Å²) in [4.78, 5) is 24.8. The Bertz CT molecular complexity index is 807. The first kappa shape index (κ1) is 16.4. The van der Waals surface area contributed by atoms with Crippen molar-refractivity contribution in [2.24, 2.45) is 0 Å². The molecule has 1 heterocycles. The fourth-order valence-corrected chi connectivity index (χ4v) is 3.79. The minimum Gasteiger partial charge on any atom is -0.325 e. The van der Waals surface area contributed by atoms with E-state index < -0.39 is 0 Å². The molecule has 23 heavy (non-hydrogen) atoms. The zero-order valence-corrected chi connectivity index (χ0v) is 14.6. The average molecular weight is 366 g/mol. The van der Waals surface area contributed by atoms with E-state index in [1.807, 2.05) is 6.92 Å². The van der Waals surface area contributed by atoms with Gasteiger partial charge in [-0.25, -0.2) is 0 Å². The van der Waals surface area contributed by atoms with E-state index >= 15 is 0 Å². The van der Waals surface area contributed by atoms with Crippen molar-refractivity contribution in [3.05, 3.63) is 57.6 Å². The van der Waals surface area contributed by atoms with Crippen LogP contribution in [0.2, 0.25) is 10.0 Å². The zero-order valence-electron chi connectivity index (χ0n) is 12.2.